The summed E-state index contributed by atoms with van der Waals surface area (Å²) in [6, 6.07) is 12.5. The van der Waals surface area contributed by atoms with Gasteiger partial charge in [-0.25, -0.2) is 9.37 Å². The molecular weight excluding hydrogens is 423 g/mol. The lowest BCUT2D eigenvalue weighted by Crippen LogP contribution is -2.28. The maximum atomic E-state index is 13.5. The number of amides is 1. The minimum Gasteiger partial charge on any atom is -0.496 e. The SMILES string of the molecule is COc1cc(C(=O)NCC(O)c2ccc(OC)c(-c3ccc(F)c(Cl)c3)n2)ccc1C. The summed E-state index contributed by atoms with van der Waals surface area (Å²) in [5.41, 5.74) is 2.58. The lowest BCUT2D eigenvalue weighted by Gasteiger charge is -2.15. The van der Waals surface area contributed by atoms with E-state index in [1.54, 1.807) is 30.3 Å². The first-order valence-electron chi connectivity index (χ1n) is 9.45. The molecule has 1 heterocycles. The second kappa shape index (κ2) is 9.76. The Kier molecular flexibility index (Phi) is 7.09. The van der Waals surface area contributed by atoms with E-state index in [1.807, 2.05) is 6.92 Å². The van der Waals surface area contributed by atoms with Gasteiger partial charge in [0.15, 0.2) is 0 Å². The predicted octanol–water partition coefficient (Wildman–Crippen LogP) is 4.33. The highest BCUT2D eigenvalue weighted by atomic mass is 35.5. The van der Waals surface area contributed by atoms with E-state index in [1.165, 1.54) is 32.4 Å². The standard InChI is InChI=1S/C23H22ClFN2O4/c1-13-4-5-15(11-21(13)31-3)23(29)26-12-19(28)18-8-9-20(30-2)22(27-18)14-6-7-17(25)16(24)10-14/h4-11,19,28H,12H2,1-3H3,(H,26,29). The summed E-state index contributed by atoms with van der Waals surface area (Å²) in [5, 5.41) is 13.2. The molecule has 0 radical (unpaired) electrons. The molecule has 31 heavy (non-hydrogen) atoms. The Bertz CT molecular complexity index is 1110. The molecule has 1 unspecified atom stereocenters. The number of aromatic nitrogens is 1. The van der Waals surface area contributed by atoms with Crippen LogP contribution < -0.4 is 14.8 Å². The van der Waals surface area contributed by atoms with E-state index >= 15 is 0 Å². The Labute approximate surface area is 184 Å². The number of aliphatic hydroxyl groups excluding tert-OH is 1. The molecule has 0 saturated carbocycles. The van der Waals surface area contributed by atoms with Crippen molar-refractivity contribution in [3.05, 3.63) is 76.2 Å². The smallest absolute Gasteiger partial charge is 0.251 e. The van der Waals surface area contributed by atoms with Gasteiger partial charge in [0.25, 0.3) is 5.91 Å². The van der Waals surface area contributed by atoms with Crippen molar-refractivity contribution in [1.82, 2.24) is 10.3 Å². The summed E-state index contributed by atoms with van der Waals surface area (Å²) < 4.78 is 24.1. The largest absolute Gasteiger partial charge is 0.496 e. The number of rotatable bonds is 7. The number of carbonyl (C=O) groups is 1. The molecule has 0 aliphatic heterocycles. The lowest BCUT2D eigenvalue weighted by molar-refractivity contribution is 0.0913. The van der Waals surface area contributed by atoms with Crippen molar-refractivity contribution in [3.8, 4) is 22.8 Å². The van der Waals surface area contributed by atoms with Gasteiger partial charge >= 0.3 is 0 Å². The zero-order chi connectivity index (χ0) is 22.5. The van der Waals surface area contributed by atoms with E-state index in [-0.39, 0.29) is 17.5 Å². The average molecular weight is 445 g/mol. The highest BCUT2D eigenvalue weighted by Crippen LogP contribution is 2.32. The fourth-order valence-electron chi connectivity index (χ4n) is 3.02. The molecule has 3 aromatic rings. The number of carbonyl (C=O) groups excluding carboxylic acids is 1. The maximum Gasteiger partial charge on any atom is 0.251 e. The number of pyridine rings is 1. The van der Waals surface area contributed by atoms with Crippen molar-refractivity contribution < 1.29 is 23.8 Å². The van der Waals surface area contributed by atoms with Crippen molar-refractivity contribution in [1.29, 1.82) is 0 Å². The Morgan fingerprint density at radius 3 is 2.55 bits per heavy atom. The Hall–Kier alpha value is -3.16. The maximum absolute atomic E-state index is 13.5. The zero-order valence-electron chi connectivity index (χ0n) is 17.3. The number of aryl methyl sites for hydroxylation is 1. The number of ether oxygens (including phenoxy) is 2. The number of halogens is 2. The lowest BCUT2D eigenvalue weighted by atomic mass is 10.1. The molecule has 0 aliphatic carbocycles. The highest BCUT2D eigenvalue weighted by molar-refractivity contribution is 6.31. The van der Waals surface area contributed by atoms with Gasteiger partial charge in [0.2, 0.25) is 0 Å². The molecule has 0 aliphatic rings. The van der Waals surface area contributed by atoms with Crippen molar-refractivity contribution in [2.75, 3.05) is 20.8 Å². The van der Waals surface area contributed by atoms with E-state index in [0.29, 0.717) is 34.0 Å². The van der Waals surface area contributed by atoms with Crippen LogP contribution >= 0.6 is 11.6 Å². The first kappa shape index (κ1) is 22.5. The number of nitrogens with zero attached hydrogens (tertiary/aromatic N) is 1. The second-order valence-corrected chi connectivity index (χ2v) is 7.23. The van der Waals surface area contributed by atoms with Gasteiger partial charge in [-0.3, -0.25) is 4.79 Å². The molecule has 0 spiro atoms. The number of hydrogen-bond acceptors (Lipinski definition) is 5. The van der Waals surface area contributed by atoms with E-state index in [9.17, 15) is 14.3 Å². The molecule has 1 atom stereocenters. The molecule has 0 bridgehead atoms. The van der Waals surface area contributed by atoms with Gasteiger partial charge in [-0.2, -0.15) is 0 Å². The molecule has 3 rings (SSSR count). The Morgan fingerprint density at radius 2 is 1.87 bits per heavy atom. The molecule has 162 valence electrons. The summed E-state index contributed by atoms with van der Waals surface area (Å²) in [6.07, 6.45) is -1.07. The number of aliphatic hydroxyl groups is 1. The molecule has 1 aromatic heterocycles. The minimum atomic E-state index is -1.07. The van der Waals surface area contributed by atoms with Gasteiger partial charge in [0.05, 0.1) is 24.9 Å². The first-order chi connectivity index (χ1) is 14.8. The van der Waals surface area contributed by atoms with Crippen molar-refractivity contribution in [2.45, 2.75) is 13.0 Å². The van der Waals surface area contributed by atoms with Crippen LogP contribution in [0.5, 0.6) is 11.5 Å². The molecule has 0 fully saturated rings. The summed E-state index contributed by atoms with van der Waals surface area (Å²) in [7, 11) is 3.02. The third-order valence-electron chi connectivity index (χ3n) is 4.76. The normalized spacial score (nSPS) is 11.7. The van der Waals surface area contributed by atoms with Crippen LogP contribution in [0.4, 0.5) is 4.39 Å². The third-order valence-corrected chi connectivity index (χ3v) is 5.05. The Morgan fingerprint density at radius 1 is 1.13 bits per heavy atom. The molecule has 0 saturated heterocycles. The molecule has 8 heteroatoms. The summed E-state index contributed by atoms with van der Waals surface area (Å²) >= 11 is 5.89. The fourth-order valence-corrected chi connectivity index (χ4v) is 3.20. The van der Waals surface area contributed by atoms with Gasteiger partial charge in [-0.05, 0) is 55.0 Å². The summed E-state index contributed by atoms with van der Waals surface area (Å²) in [6.45, 7) is 1.82. The van der Waals surface area contributed by atoms with Crippen molar-refractivity contribution in [3.63, 3.8) is 0 Å². The number of methoxy groups -OCH3 is 2. The van der Waals surface area contributed by atoms with Crippen LogP contribution in [0.1, 0.15) is 27.7 Å². The van der Waals surface area contributed by atoms with Crippen LogP contribution in [0.25, 0.3) is 11.3 Å². The minimum absolute atomic E-state index is 0.0481. The molecule has 2 aromatic carbocycles. The van der Waals surface area contributed by atoms with Crippen LogP contribution in [0, 0.1) is 12.7 Å². The van der Waals surface area contributed by atoms with Crippen molar-refractivity contribution in [2.24, 2.45) is 0 Å². The van der Waals surface area contributed by atoms with E-state index < -0.39 is 11.9 Å². The van der Waals surface area contributed by atoms with E-state index in [4.69, 9.17) is 21.1 Å². The fraction of sp³-hybridized carbons (Fsp3) is 0.217. The third kappa shape index (κ3) is 5.13. The summed E-state index contributed by atoms with van der Waals surface area (Å²) in [4.78, 5) is 16.9. The van der Waals surface area contributed by atoms with Crippen LogP contribution in [-0.2, 0) is 0 Å². The predicted molar refractivity (Wildman–Crippen MR) is 116 cm³/mol. The van der Waals surface area contributed by atoms with Gasteiger partial charge in [-0.1, -0.05) is 17.7 Å². The summed E-state index contributed by atoms with van der Waals surface area (Å²) in [5.74, 6) is 0.148. The second-order valence-electron chi connectivity index (χ2n) is 6.83. The molecular formula is C23H22ClFN2O4. The van der Waals surface area contributed by atoms with E-state index in [2.05, 4.69) is 10.3 Å². The molecule has 1 amide bonds. The average Bonchev–Trinajstić information content (AvgIpc) is 2.78. The quantitative estimate of drug-likeness (QED) is 0.567. The van der Waals surface area contributed by atoms with Crippen molar-refractivity contribution >= 4 is 17.5 Å². The van der Waals surface area contributed by atoms with E-state index in [0.717, 1.165) is 5.56 Å². The monoisotopic (exact) mass is 444 g/mol. The van der Waals surface area contributed by atoms with Crippen LogP contribution in [0.2, 0.25) is 5.02 Å². The topological polar surface area (TPSA) is 80.7 Å². The number of nitrogens with one attached hydrogen (secondary N) is 1. The molecule has 6 nitrogen and oxygen atoms in total. The first-order valence-corrected chi connectivity index (χ1v) is 9.83. The zero-order valence-corrected chi connectivity index (χ0v) is 18.0. The van der Waals surface area contributed by atoms with Gasteiger partial charge in [0, 0.05) is 17.7 Å². The van der Waals surface area contributed by atoms with Crippen LogP contribution in [0.15, 0.2) is 48.5 Å². The van der Waals surface area contributed by atoms with Crippen LogP contribution in [-0.4, -0.2) is 36.8 Å². The van der Waals surface area contributed by atoms with Crippen LogP contribution in [0.3, 0.4) is 0 Å². The van der Waals surface area contributed by atoms with Gasteiger partial charge in [0.1, 0.15) is 29.1 Å². The number of benzene rings is 2. The molecule has 2 N–H and O–H groups in total. The van der Waals surface area contributed by atoms with Gasteiger partial charge in [-0.15, -0.1) is 0 Å². The van der Waals surface area contributed by atoms with Gasteiger partial charge < -0.3 is 19.9 Å². The highest BCUT2D eigenvalue weighted by Gasteiger charge is 2.17. The Balaban J connectivity index is 1.78. The number of hydrogen-bond donors (Lipinski definition) is 2.